The summed E-state index contributed by atoms with van der Waals surface area (Å²) < 4.78 is 0. The number of piperidine rings is 1. The Hall–Kier alpha value is -0.460. The van der Waals surface area contributed by atoms with Gasteiger partial charge in [-0.25, -0.2) is 0 Å². The number of likely N-dealkylation sites (tertiary alicyclic amines) is 1. The van der Waals surface area contributed by atoms with E-state index in [1.54, 1.807) is 11.8 Å². The van der Waals surface area contributed by atoms with Gasteiger partial charge in [0.05, 0.1) is 5.88 Å². The van der Waals surface area contributed by atoms with Crippen molar-refractivity contribution in [2.75, 3.05) is 24.7 Å². The Labute approximate surface area is 142 Å². The van der Waals surface area contributed by atoms with Gasteiger partial charge in [-0.3, -0.25) is 9.59 Å². The molecule has 3 rings (SSSR count). The third-order valence-corrected chi connectivity index (χ3v) is 5.94. The molecule has 2 aliphatic heterocycles. The first-order valence-electron chi connectivity index (χ1n) is 8.09. The smallest absolute Gasteiger partial charge is 0.246 e. The number of thioether (sulfide) groups is 1. The first-order valence-corrected chi connectivity index (χ1v) is 9.25. The van der Waals surface area contributed by atoms with E-state index in [0.717, 1.165) is 50.8 Å². The molecule has 0 bridgehead atoms. The van der Waals surface area contributed by atoms with E-state index in [1.165, 1.54) is 0 Å². The van der Waals surface area contributed by atoms with Crippen molar-refractivity contribution in [2.45, 2.75) is 50.6 Å². The summed E-state index contributed by atoms with van der Waals surface area (Å²) in [7, 11) is 0. The summed E-state index contributed by atoms with van der Waals surface area (Å²) in [6.45, 7) is 1.44. The van der Waals surface area contributed by atoms with Gasteiger partial charge in [-0.2, -0.15) is 0 Å². The fraction of sp³-hybridized carbons (Fsp3) is 0.867. The van der Waals surface area contributed by atoms with Crippen molar-refractivity contribution >= 4 is 36.0 Å². The monoisotopic (exact) mass is 347 g/mol. The van der Waals surface area contributed by atoms with E-state index in [1.807, 2.05) is 9.80 Å². The highest BCUT2D eigenvalue weighted by Gasteiger charge is 2.40. The van der Waals surface area contributed by atoms with Crippen LogP contribution in [0, 0.1) is 5.92 Å². The van der Waals surface area contributed by atoms with Gasteiger partial charge in [0.25, 0.3) is 0 Å². The van der Waals surface area contributed by atoms with Gasteiger partial charge in [0.15, 0.2) is 0 Å². The van der Waals surface area contributed by atoms with E-state index in [2.05, 4.69) is 0 Å². The van der Waals surface area contributed by atoms with Crippen LogP contribution in [0.15, 0.2) is 0 Å². The molecule has 126 valence electrons. The van der Waals surface area contributed by atoms with Crippen molar-refractivity contribution < 1.29 is 9.59 Å². The highest BCUT2D eigenvalue weighted by Crippen LogP contribution is 2.31. The van der Waals surface area contributed by atoms with Crippen LogP contribution in [-0.2, 0) is 9.59 Å². The van der Waals surface area contributed by atoms with E-state index in [-0.39, 0.29) is 42.2 Å². The Morgan fingerprint density at radius 3 is 2.45 bits per heavy atom. The first kappa shape index (κ1) is 17.9. The van der Waals surface area contributed by atoms with Gasteiger partial charge in [0.2, 0.25) is 11.8 Å². The molecule has 1 saturated carbocycles. The van der Waals surface area contributed by atoms with E-state index in [4.69, 9.17) is 5.73 Å². The molecule has 2 amide bonds. The summed E-state index contributed by atoms with van der Waals surface area (Å²) >= 11 is 1.70. The number of halogens is 1. The second-order valence-electron chi connectivity index (χ2n) is 6.49. The van der Waals surface area contributed by atoms with E-state index < -0.39 is 0 Å². The average Bonchev–Trinajstić information content (AvgIpc) is 3.17. The molecule has 7 heteroatoms. The first-order chi connectivity index (χ1) is 10.2. The maximum absolute atomic E-state index is 12.7. The van der Waals surface area contributed by atoms with Crippen LogP contribution in [0.3, 0.4) is 0 Å². The molecule has 0 aromatic rings. The van der Waals surface area contributed by atoms with Crippen LogP contribution in [-0.4, -0.2) is 58.4 Å². The number of amides is 2. The maximum atomic E-state index is 12.7. The van der Waals surface area contributed by atoms with E-state index >= 15 is 0 Å². The van der Waals surface area contributed by atoms with Gasteiger partial charge in [-0.05, 0) is 25.7 Å². The van der Waals surface area contributed by atoms with Gasteiger partial charge in [-0.1, -0.05) is 12.8 Å². The van der Waals surface area contributed by atoms with Crippen molar-refractivity contribution in [2.24, 2.45) is 11.7 Å². The molecule has 22 heavy (non-hydrogen) atoms. The Kier molecular flexibility index (Phi) is 6.41. The van der Waals surface area contributed by atoms with Gasteiger partial charge in [-0.15, -0.1) is 24.2 Å². The van der Waals surface area contributed by atoms with Crippen LogP contribution >= 0.6 is 24.2 Å². The van der Waals surface area contributed by atoms with Crippen molar-refractivity contribution in [3.05, 3.63) is 0 Å². The Balaban J connectivity index is 0.00000176. The summed E-state index contributed by atoms with van der Waals surface area (Å²) in [5.41, 5.74) is 5.98. The number of rotatable bonds is 2. The van der Waals surface area contributed by atoms with Crippen LogP contribution in [0.2, 0.25) is 0 Å². The number of carbonyl (C=O) groups is 2. The topological polar surface area (TPSA) is 66.6 Å². The van der Waals surface area contributed by atoms with Crippen molar-refractivity contribution in [1.82, 2.24) is 9.80 Å². The number of nitrogens with zero attached hydrogens (tertiary/aromatic N) is 2. The molecule has 2 N–H and O–H groups in total. The Morgan fingerprint density at radius 1 is 1.05 bits per heavy atom. The molecule has 3 fully saturated rings. The number of nitrogens with two attached hydrogens (primary N) is 1. The summed E-state index contributed by atoms with van der Waals surface area (Å²) in [4.78, 5) is 29.1. The molecule has 2 saturated heterocycles. The molecule has 1 aliphatic carbocycles. The maximum Gasteiger partial charge on any atom is 0.246 e. The molecule has 5 nitrogen and oxygen atoms in total. The minimum atomic E-state index is -0.256. The summed E-state index contributed by atoms with van der Waals surface area (Å²) in [5, 5.41) is 0. The zero-order valence-corrected chi connectivity index (χ0v) is 14.5. The average molecular weight is 348 g/mol. The molecule has 3 aliphatic rings. The fourth-order valence-corrected chi connectivity index (χ4v) is 4.85. The Morgan fingerprint density at radius 2 is 1.77 bits per heavy atom. The standard InChI is InChI=1S/C15H25N3O2S.ClH/c16-12-6-3-7-17(8-12)15(20)13-9-21-10-18(13)14(19)11-4-1-2-5-11;/h11-13H,1-10,16H2;1H. The normalized spacial score (nSPS) is 29.5. The number of carbonyl (C=O) groups excluding carboxylic acids is 2. The van der Waals surface area contributed by atoms with Crippen LogP contribution in [0.4, 0.5) is 0 Å². The van der Waals surface area contributed by atoms with Gasteiger partial charge < -0.3 is 15.5 Å². The molecule has 0 radical (unpaired) electrons. The molecular weight excluding hydrogens is 322 g/mol. The van der Waals surface area contributed by atoms with Gasteiger partial charge >= 0.3 is 0 Å². The minimum Gasteiger partial charge on any atom is -0.339 e. The molecule has 2 heterocycles. The lowest BCUT2D eigenvalue weighted by Crippen LogP contribution is -2.54. The van der Waals surface area contributed by atoms with E-state index in [9.17, 15) is 9.59 Å². The van der Waals surface area contributed by atoms with Gasteiger partial charge in [0.1, 0.15) is 6.04 Å². The van der Waals surface area contributed by atoms with Crippen molar-refractivity contribution in [3.8, 4) is 0 Å². The molecule has 0 aromatic heterocycles. The third kappa shape index (κ3) is 3.71. The predicted octanol–water partition coefficient (Wildman–Crippen LogP) is 1.45. The summed E-state index contributed by atoms with van der Waals surface area (Å²) in [6.07, 6.45) is 6.26. The summed E-state index contributed by atoms with van der Waals surface area (Å²) in [5.74, 6) is 1.88. The minimum absolute atomic E-state index is 0. The highest BCUT2D eigenvalue weighted by molar-refractivity contribution is 7.99. The molecule has 2 atom stereocenters. The fourth-order valence-electron chi connectivity index (χ4n) is 3.69. The number of hydrogen-bond acceptors (Lipinski definition) is 4. The van der Waals surface area contributed by atoms with Gasteiger partial charge in [0, 0.05) is 30.8 Å². The number of hydrogen-bond donors (Lipinski definition) is 1. The second kappa shape index (κ2) is 7.88. The van der Waals surface area contributed by atoms with Crippen LogP contribution in [0.5, 0.6) is 0 Å². The molecular formula is C15H26ClN3O2S. The Bertz CT molecular complexity index is 418. The largest absolute Gasteiger partial charge is 0.339 e. The second-order valence-corrected chi connectivity index (χ2v) is 7.49. The lowest BCUT2D eigenvalue weighted by molar-refractivity contribution is -0.146. The zero-order chi connectivity index (χ0) is 14.8. The highest BCUT2D eigenvalue weighted by atomic mass is 35.5. The quantitative estimate of drug-likeness (QED) is 0.821. The summed E-state index contributed by atoms with van der Waals surface area (Å²) in [6, 6.07) is -0.163. The van der Waals surface area contributed by atoms with Crippen molar-refractivity contribution in [1.29, 1.82) is 0 Å². The van der Waals surface area contributed by atoms with Crippen LogP contribution in [0.25, 0.3) is 0 Å². The third-order valence-electron chi connectivity index (χ3n) is 4.92. The molecule has 2 unspecified atom stereocenters. The van der Waals surface area contributed by atoms with Crippen LogP contribution < -0.4 is 5.73 Å². The predicted molar refractivity (Wildman–Crippen MR) is 91.0 cm³/mol. The SMILES string of the molecule is Cl.NC1CCCN(C(=O)C2CSCN2C(=O)C2CCCC2)C1. The van der Waals surface area contributed by atoms with Crippen molar-refractivity contribution in [3.63, 3.8) is 0 Å². The molecule has 0 aromatic carbocycles. The lowest BCUT2D eigenvalue weighted by atomic mass is 10.0. The van der Waals surface area contributed by atoms with E-state index in [0.29, 0.717) is 12.4 Å². The lowest BCUT2D eigenvalue weighted by Gasteiger charge is -2.35. The van der Waals surface area contributed by atoms with Crippen LogP contribution in [0.1, 0.15) is 38.5 Å². The zero-order valence-electron chi connectivity index (χ0n) is 12.9. The molecule has 0 spiro atoms.